The first-order valence-corrected chi connectivity index (χ1v) is 9.97. The molecule has 2 heterocycles. The lowest BCUT2D eigenvalue weighted by Gasteiger charge is -2.28. The van der Waals surface area contributed by atoms with Crippen LogP contribution in [0, 0.1) is 10.1 Å². The summed E-state index contributed by atoms with van der Waals surface area (Å²) in [6.07, 6.45) is 1.89. The minimum atomic E-state index is -0.609. The van der Waals surface area contributed by atoms with Crippen LogP contribution >= 0.6 is 23.2 Å². The number of amides is 2. The number of nitrogens with zero attached hydrogens (tertiary/aromatic N) is 3. The second-order valence-corrected chi connectivity index (χ2v) is 7.91. The Bertz CT molecular complexity index is 1030. The Morgan fingerprint density at radius 2 is 1.86 bits per heavy atom. The Balaban J connectivity index is 1.59. The molecule has 2 aromatic carbocycles. The van der Waals surface area contributed by atoms with Crippen LogP contribution in [0.2, 0.25) is 10.0 Å². The van der Waals surface area contributed by atoms with Crippen molar-refractivity contribution < 1.29 is 14.5 Å². The number of nitro benzene ring substituents is 1. The van der Waals surface area contributed by atoms with Crippen molar-refractivity contribution in [2.45, 2.75) is 25.3 Å². The van der Waals surface area contributed by atoms with Crippen LogP contribution in [0.25, 0.3) is 0 Å². The third-order valence-electron chi connectivity index (χ3n) is 5.41. The van der Waals surface area contributed by atoms with Gasteiger partial charge >= 0.3 is 0 Å². The fraction of sp³-hybridized carbons (Fsp3) is 0.300. The Kier molecular flexibility index (Phi) is 5.19. The summed E-state index contributed by atoms with van der Waals surface area (Å²) in [6, 6.07) is 8.60. The quantitative estimate of drug-likeness (QED) is 0.538. The van der Waals surface area contributed by atoms with Gasteiger partial charge in [-0.1, -0.05) is 29.3 Å². The Hall–Kier alpha value is -2.64. The van der Waals surface area contributed by atoms with Crippen LogP contribution in [-0.4, -0.2) is 40.8 Å². The molecule has 1 atom stereocenters. The molecule has 0 saturated carbocycles. The molecule has 2 amide bonds. The van der Waals surface area contributed by atoms with Crippen LogP contribution in [0.4, 0.5) is 11.4 Å². The summed E-state index contributed by atoms with van der Waals surface area (Å²) < 4.78 is 0. The number of likely N-dealkylation sites (tertiary alicyclic amines) is 1. The number of benzene rings is 2. The van der Waals surface area contributed by atoms with Crippen molar-refractivity contribution in [3.05, 3.63) is 67.7 Å². The molecule has 0 N–H and O–H groups in total. The molecule has 7 nitrogen and oxygen atoms in total. The summed E-state index contributed by atoms with van der Waals surface area (Å²) in [5.74, 6) is -0.493. The van der Waals surface area contributed by atoms with Crippen LogP contribution in [-0.2, 0) is 11.2 Å². The van der Waals surface area contributed by atoms with Gasteiger partial charge in [-0.05, 0) is 43.0 Å². The van der Waals surface area contributed by atoms with E-state index < -0.39 is 11.0 Å². The van der Waals surface area contributed by atoms with E-state index in [1.165, 1.54) is 18.2 Å². The third kappa shape index (κ3) is 3.56. The van der Waals surface area contributed by atoms with E-state index in [0.717, 1.165) is 5.56 Å². The number of hydrogen-bond acceptors (Lipinski definition) is 4. The molecule has 2 aliphatic heterocycles. The zero-order valence-electron chi connectivity index (χ0n) is 15.3. The smallest absolute Gasteiger partial charge is 0.271 e. The number of fused-ring (bicyclic) bond motifs is 1. The predicted octanol–water partition coefficient (Wildman–Crippen LogP) is 4.10. The van der Waals surface area contributed by atoms with Gasteiger partial charge in [-0.2, -0.15) is 0 Å². The number of halogens is 2. The van der Waals surface area contributed by atoms with Crippen LogP contribution in [0.5, 0.6) is 0 Å². The predicted molar refractivity (Wildman–Crippen MR) is 110 cm³/mol. The van der Waals surface area contributed by atoms with E-state index in [4.69, 9.17) is 23.2 Å². The van der Waals surface area contributed by atoms with Crippen molar-refractivity contribution in [1.82, 2.24) is 4.90 Å². The molecule has 29 heavy (non-hydrogen) atoms. The molecule has 1 saturated heterocycles. The van der Waals surface area contributed by atoms with E-state index in [0.29, 0.717) is 48.6 Å². The topological polar surface area (TPSA) is 83.8 Å². The van der Waals surface area contributed by atoms with Gasteiger partial charge in [-0.15, -0.1) is 0 Å². The molecule has 4 rings (SSSR count). The lowest BCUT2D eigenvalue weighted by molar-refractivity contribution is -0.384. The highest BCUT2D eigenvalue weighted by atomic mass is 35.5. The zero-order valence-corrected chi connectivity index (χ0v) is 16.8. The minimum Gasteiger partial charge on any atom is -0.327 e. The first-order valence-electron chi connectivity index (χ1n) is 9.21. The first-order chi connectivity index (χ1) is 13.9. The van der Waals surface area contributed by atoms with Gasteiger partial charge in [-0.3, -0.25) is 19.7 Å². The van der Waals surface area contributed by atoms with E-state index in [1.54, 1.807) is 28.0 Å². The van der Waals surface area contributed by atoms with Crippen molar-refractivity contribution >= 4 is 46.4 Å². The maximum Gasteiger partial charge on any atom is 0.271 e. The second kappa shape index (κ2) is 7.65. The highest BCUT2D eigenvalue weighted by molar-refractivity contribution is 6.42. The fourth-order valence-electron chi connectivity index (χ4n) is 3.95. The standard InChI is InChI=1S/C20H17Cl2N3O4/c21-15-6-4-13(10-16(15)22)19(26)23-8-1-2-17(23)20(27)24-9-7-12-3-5-14(25(28)29)11-18(12)24/h3-6,10-11,17H,1-2,7-9H2. The second-order valence-electron chi connectivity index (χ2n) is 7.10. The molecule has 0 radical (unpaired) electrons. The summed E-state index contributed by atoms with van der Waals surface area (Å²) in [5, 5.41) is 11.7. The van der Waals surface area contributed by atoms with Gasteiger partial charge in [0.25, 0.3) is 11.6 Å². The molecule has 2 aliphatic rings. The van der Waals surface area contributed by atoms with E-state index >= 15 is 0 Å². The monoisotopic (exact) mass is 433 g/mol. The normalized spacial score (nSPS) is 18.1. The van der Waals surface area contributed by atoms with Crippen molar-refractivity contribution in [2.24, 2.45) is 0 Å². The molecular formula is C20H17Cl2N3O4. The number of non-ortho nitro benzene ring substituents is 1. The van der Waals surface area contributed by atoms with Gasteiger partial charge < -0.3 is 9.80 Å². The van der Waals surface area contributed by atoms with Gasteiger partial charge in [0.05, 0.1) is 20.7 Å². The highest BCUT2D eigenvalue weighted by Crippen LogP contribution is 2.34. The number of nitro groups is 1. The lowest BCUT2D eigenvalue weighted by atomic mass is 10.1. The van der Waals surface area contributed by atoms with E-state index in [-0.39, 0.29) is 22.5 Å². The average molecular weight is 434 g/mol. The lowest BCUT2D eigenvalue weighted by Crippen LogP contribution is -2.47. The van der Waals surface area contributed by atoms with Gasteiger partial charge in [0.15, 0.2) is 0 Å². The molecule has 1 fully saturated rings. The summed E-state index contributed by atoms with van der Waals surface area (Å²) in [5.41, 5.74) is 1.76. The van der Waals surface area contributed by atoms with Crippen molar-refractivity contribution in [2.75, 3.05) is 18.0 Å². The molecule has 0 spiro atoms. The van der Waals surface area contributed by atoms with E-state index in [2.05, 4.69) is 0 Å². The molecular weight excluding hydrogens is 417 g/mol. The van der Waals surface area contributed by atoms with Gasteiger partial charge in [0.2, 0.25) is 5.91 Å². The Morgan fingerprint density at radius 3 is 2.59 bits per heavy atom. The van der Waals surface area contributed by atoms with E-state index in [1.807, 2.05) is 0 Å². The molecule has 9 heteroatoms. The average Bonchev–Trinajstić information content (AvgIpc) is 3.35. The van der Waals surface area contributed by atoms with Crippen molar-refractivity contribution in [3.8, 4) is 0 Å². The van der Waals surface area contributed by atoms with Crippen molar-refractivity contribution in [1.29, 1.82) is 0 Å². The highest BCUT2D eigenvalue weighted by Gasteiger charge is 2.39. The Labute approximate surface area is 176 Å². The molecule has 1 unspecified atom stereocenters. The summed E-state index contributed by atoms with van der Waals surface area (Å²) in [4.78, 5) is 40.0. The summed E-state index contributed by atoms with van der Waals surface area (Å²) >= 11 is 12.0. The van der Waals surface area contributed by atoms with Gasteiger partial charge in [0.1, 0.15) is 6.04 Å². The molecule has 0 bridgehead atoms. The van der Waals surface area contributed by atoms with Crippen molar-refractivity contribution in [3.63, 3.8) is 0 Å². The van der Waals surface area contributed by atoms with Gasteiger partial charge in [0, 0.05) is 30.8 Å². The SMILES string of the molecule is O=C(C1CCCN1C(=O)c1ccc(Cl)c(Cl)c1)N1CCc2ccc([N+](=O)[O-])cc21. The number of anilines is 1. The fourth-order valence-corrected chi connectivity index (χ4v) is 4.25. The number of carbonyl (C=O) groups excluding carboxylic acids is 2. The van der Waals surface area contributed by atoms with Crippen LogP contribution in [0.15, 0.2) is 36.4 Å². The maximum atomic E-state index is 13.3. The van der Waals surface area contributed by atoms with Crippen LogP contribution < -0.4 is 4.90 Å². The third-order valence-corrected chi connectivity index (χ3v) is 6.15. The first kappa shape index (κ1) is 19.7. The van der Waals surface area contributed by atoms with E-state index in [9.17, 15) is 19.7 Å². The number of rotatable bonds is 3. The molecule has 0 aliphatic carbocycles. The zero-order chi connectivity index (χ0) is 20.7. The van der Waals surface area contributed by atoms with Crippen LogP contribution in [0.1, 0.15) is 28.8 Å². The summed E-state index contributed by atoms with van der Waals surface area (Å²) in [6.45, 7) is 0.908. The summed E-state index contributed by atoms with van der Waals surface area (Å²) in [7, 11) is 0. The maximum absolute atomic E-state index is 13.3. The molecule has 2 aromatic rings. The number of carbonyl (C=O) groups is 2. The Morgan fingerprint density at radius 1 is 1.07 bits per heavy atom. The minimum absolute atomic E-state index is 0.0568. The molecule has 150 valence electrons. The van der Waals surface area contributed by atoms with Gasteiger partial charge in [-0.25, -0.2) is 0 Å². The largest absolute Gasteiger partial charge is 0.327 e. The molecule has 0 aromatic heterocycles. The van der Waals surface area contributed by atoms with Crippen LogP contribution in [0.3, 0.4) is 0 Å². The number of hydrogen-bond donors (Lipinski definition) is 0.